The maximum absolute atomic E-state index is 5.37. The molecule has 6 nitrogen and oxygen atoms in total. The molecular formula is C18H32IN5OS. The Kier molecular flexibility index (Phi) is 10.2. The second-order valence-corrected chi connectivity index (χ2v) is 7.84. The summed E-state index contributed by atoms with van der Waals surface area (Å²) in [5.41, 5.74) is 1.37. The van der Waals surface area contributed by atoms with E-state index in [0.717, 1.165) is 64.7 Å². The van der Waals surface area contributed by atoms with Crippen molar-refractivity contribution in [1.82, 2.24) is 20.5 Å². The van der Waals surface area contributed by atoms with Crippen LogP contribution in [0.5, 0.6) is 0 Å². The van der Waals surface area contributed by atoms with Gasteiger partial charge in [-0.05, 0) is 32.1 Å². The van der Waals surface area contributed by atoms with Gasteiger partial charge in [0, 0.05) is 51.1 Å². The van der Waals surface area contributed by atoms with Crippen molar-refractivity contribution < 1.29 is 4.74 Å². The molecule has 0 radical (unpaired) electrons. The fraction of sp³-hybridized carbons (Fsp3) is 0.778. The molecule has 0 aromatic carbocycles. The lowest BCUT2D eigenvalue weighted by atomic mass is 10.0. The van der Waals surface area contributed by atoms with E-state index in [1.807, 2.05) is 18.4 Å². The summed E-state index contributed by atoms with van der Waals surface area (Å²) in [6.07, 6.45) is 7.23. The first-order chi connectivity index (χ1) is 12.3. The highest BCUT2D eigenvalue weighted by Crippen LogP contribution is 2.27. The number of guanidine groups is 1. The number of aliphatic imine (C=N–C) groups is 1. The maximum Gasteiger partial charge on any atom is 0.191 e. The zero-order valence-corrected chi connectivity index (χ0v) is 18.9. The van der Waals surface area contributed by atoms with Gasteiger partial charge in [0.2, 0.25) is 0 Å². The molecule has 26 heavy (non-hydrogen) atoms. The molecule has 1 fully saturated rings. The summed E-state index contributed by atoms with van der Waals surface area (Å²) in [7, 11) is 1.83. The van der Waals surface area contributed by atoms with E-state index in [-0.39, 0.29) is 24.0 Å². The first-order valence-electron chi connectivity index (χ1n) is 9.57. The summed E-state index contributed by atoms with van der Waals surface area (Å²) < 4.78 is 5.37. The van der Waals surface area contributed by atoms with Crippen molar-refractivity contribution in [3.8, 4) is 0 Å². The number of fused-ring (bicyclic) bond motifs is 1. The third-order valence-corrected chi connectivity index (χ3v) is 6.01. The fourth-order valence-corrected chi connectivity index (χ4v) is 4.54. The average molecular weight is 493 g/mol. The Morgan fingerprint density at radius 3 is 2.73 bits per heavy atom. The summed E-state index contributed by atoms with van der Waals surface area (Å²) in [5, 5.41) is 8.12. The molecule has 1 aliphatic heterocycles. The van der Waals surface area contributed by atoms with Gasteiger partial charge in [0.15, 0.2) is 5.96 Å². The second-order valence-electron chi connectivity index (χ2n) is 6.67. The van der Waals surface area contributed by atoms with Crippen molar-refractivity contribution in [1.29, 1.82) is 0 Å². The summed E-state index contributed by atoms with van der Waals surface area (Å²) in [6.45, 7) is 6.66. The molecule has 0 bridgehead atoms. The van der Waals surface area contributed by atoms with E-state index in [1.165, 1.54) is 41.3 Å². The standard InChI is InChI=1S/C18H31N5OS.HI/c1-19-18(21-9-10-23-11-13-24-14-12-23)20-8-4-7-17-22-15-5-2-3-6-16(15)25-17;/h2-14H2,1H3,(H2,19,20,21);1H. The molecule has 2 aliphatic rings. The molecule has 2 N–H and O–H groups in total. The van der Waals surface area contributed by atoms with E-state index in [2.05, 4.69) is 20.5 Å². The van der Waals surface area contributed by atoms with Gasteiger partial charge in [-0.15, -0.1) is 35.3 Å². The lowest BCUT2D eigenvalue weighted by Gasteiger charge is -2.26. The van der Waals surface area contributed by atoms with Gasteiger partial charge >= 0.3 is 0 Å². The van der Waals surface area contributed by atoms with Crippen molar-refractivity contribution >= 4 is 41.3 Å². The molecule has 0 amide bonds. The van der Waals surface area contributed by atoms with Crippen molar-refractivity contribution in [3.05, 3.63) is 15.6 Å². The van der Waals surface area contributed by atoms with E-state index in [1.54, 1.807) is 0 Å². The number of halogens is 1. The van der Waals surface area contributed by atoms with Gasteiger partial charge in [-0.2, -0.15) is 0 Å². The Morgan fingerprint density at radius 2 is 1.96 bits per heavy atom. The number of morpholine rings is 1. The Morgan fingerprint density at radius 1 is 1.19 bits per heavy atom. The average Bonchev–Trinajstić information content (AvgIpc) is 3.07. The van der Waals surface area contributed by atoms with Crippen LogP contribution in [0.25, 0.3) is 0 Å². The van der Waals surface area contributed by atoms with E-state index in [0.29, 0.717) is 0 Å². The first-order valence-corrected chi connectivity index (χ1v) is 10.4. The van der Waals surface area contributed by atoms with Crippen LogP contribution >= 0.6 is 35.3 Å². The molecule has 0 unspecified atom stereocenters. The largest absolute Gasteiger partial charge is 0.379 e. The molecule has 8 heteroatoms. The van der Waals surface area contributed by atoms with Crippen molar-refractivity contribution in [3.63, 3.8) is 0 Å². The van der Waals surface area contributed by atoms with Crippen LogP contribution in [-0.4, -0.2) is 68.8 Å². The van der Waals surface area contributed by atoms with Crippen LogP contribution in [0.1, 0.15) is 34.8 Å². The van der Waals surface area contributed by atoms with Crippen LogP contribution in [0, 0.1) is 0 Å². The first kappa shape index (κ1) is 21.8. The van der Waals surface area contributed by atoms with Gasteiger partial charge in [-0.25, -0.2) is 4.98 Å². The van der Waals surface area contributed by atoms with Crippen LogP contribution in [0.3, 0.4) is 0 Å². The lowest BCUT2D eigenvalue weighted by Crippen LogP contribution is -2.44. The SMILES string of the molecule is CN=C(NCCCc1nc2c(s1)CCCC2)NCCN1CCOCC1.I. The molecule has 0 saturated carbocycles. The highest BCUT2D eigenvalue weighted by atomic mass is 127. The summed E-state index contributed by atoms with van der Waals surface area (Å²) in [6, 6.07) is 0. The van der Waals surface area contributed by atoms with Crippen molar-refractivity contribution in [2.45, 2.75) is 38.5 Å². The number of hydrogen-bond donors (Lipinski definition) is 2. The topological polar surface area (TPSA) is 61.8 Å². The van der Waals surface area contributed by atoms with Gasteiger partial charge < -0.3 is 15.4 Å². The number of aryl methyl sites for hydroxylation is 3. The van der Waals surface area contributed by atoms with Gasteiger partial charge in [-0.1, -0.05) is 0 Å². The highest BCUT2D eigenvalue weighted by Gasteiger charge is 2.14. The number of rotatable bonds is 7. The summed E-state index contributed by atoms with van der Waals surface area (Å²) in [4.78, 5) is 13.1. The number of hydrogen-bond acceptors (Lipinski definition) is 5. The number of aromatic nitrogens is 1. The molecule has 1 aromatic heterocycles. The van der Waals surface area contributed by atoms with Crippen LogP contribution < -0.4 is 10.6 Å². The maximum atomic E-state index is 5.37. The van der Waals surface area contributed by atoms with E-state index < -0.39 is 0 Å². The van der Waals surface area contributed by atoms with E-state index in [4.69, 9.17) is 9.72 Å². The molecule has 3 rings (SSSR count). The van der Waals surface area contributed by atoms with Crippen LogP contribution in [0.4, 0.5) is 0 Å². The van der Waals surface area contributed by atoms with Gasteiger partial charge in [0.05, 0.1) is 23.9 Å². The second kappa shape index (κ2) is 12.1. The molecular weight excluding hydrogens is 461 g/mol. The molecule has 0 atom stereocenters. The van der Waals surface area contributed by atoms with E-state index >= 15 is 0 Å². The highest BCUT2D eigenvalue weighted by molar-refractivity contribution is 14.0. The van der Waals surface area contributed by atoms with E-state index in [9.17, 15) is 0 Å². The fourth-order valence-electron chi connectivity index (χ4n) is 3.34. The number of nitrogens with one attached hydrogen (secondary N) is 2. The minimum absolute atomic E-state index is 0. The van der Waals surface area contributed by atoms with Crippen LogP contribution in [0.15, 0.2) is 4.99 Å². The molecule has 2 heterocycles. The third-order valence-electron chi connectivity index (χ3n) is 4.80. The molecule has 1 aliphatic carbocycles. The number of thiazole rings is 1. The molecule has 1 aromatic rings. The minimum atomic E-state index is 0. The van der Waals surface area contributed by atoms with Gasteiger partial charge in [-0.3, -0.25) is 9.89 Å². The van der Waals surface area contributed by atoms with Crippen molar-refractivity contribution in [2.24, 2.45) is 4.99 Å². The molecule has 148 valence electrons. The van der Waals surface area contributed by atoms with Gasteiger partial charge in [0.1, 0.15) is 0 Å². The number of nitrogens with zero attached hydrogens (tertiary/aromatic N) is 3. The third kappa shape index (κ3) is 6.94. The van der Waals surface area contributed by atoms with Crippen LogP contribution in [-0.2, 0) is 24.0 Å². The lowest BCUT2D eigenvalue weighted by molar-refractivity contribution is 0.0389. The predicted octanol–water partition coefficient (Wildman–Crippen LogP) is 2.07. The van der Waals surface area contributed by atoms with Crippen LogP contribution in [0.2, 0.25) is 0 Å². The normalized spacial score (nSPS) is 18.1. The Bertz CT molecular complexity index is 536. The summed E-state index contributed by atoms with van der Waals surface area (Å²) >= 11 is 1.93. The smallest absolute Gasteiger partial charge is 0.191 e. The monoisotopic (exact) mass is 493 g/mol. The Labute approximate surface area is 178 Å². The molecule has 0 spiro atoms. The summed E-state index contributed by atoms with van der Waals surface area (Å²) in [5.74, 6) is 0.895. The zero-order valence-electron chi connectivity index (χ0n) is 15.8. The van der Waals surface area contributed by atoms with Crippen molar-refractivity contribution in [2.75, 3.05) is 53.0 Å². The zero-order chi connectivity index (χ0) is 17.3. The van der Waals surface area contributed by atoms with Gasteiger partial charge in [0.25, 0.3) is 0 Å². The molecule has 1 saturated heterocycles. The quantitative estimate of drug-likeness (QED) is 0.264. The minimum Gasteiger partial charge on any atom is -0.379 e. The predicted molar refractivity (Wildman–Crippen MR) is 119 cm³/mol. The Balaban J connectivity index is 0.00000243. The Hall–Kier alpha value is -0.450. The number of ether oxygens (including phenoxy) is 1.